The molecule has 0 aliphatic rings. The van der Waals surface area contributed by atoms with E-state index in [0.717, 1.165) is 5.69 Å². The van der Waals surface area contributed by atoms with E-state index >= 15 is 0 Å². The first kappa shape index (κ1) is 14.3. The summed E-state index contributed by atoms with van der Waals surface area (Å²) in [5, 5.41) is 9.51. The molecule has 0 radical (unpaired) electrons. The maximum atomic E-state index is 10.8. The Morgan fingerprint density at radius 2 is 2.35 bits per heavy atom. The lowest BCUT2D eigenvalue weighted by Crippen LogP contribution is -2.46. The SMILES string of the molecule is CC(C)(SCc1cc(Cl)ccn1)[C@H](N)C(=O)O. The third-order valence-electron chi connectivity index (χ3n) is 2.39. The second-order valence-corrected chi connectivity index (χ2v) is 6.24. The molecule has 0 aromatic carbocycles. The molecule has 0 saturated heterocycles. The summed E-state index contributed by atoms with van der Waals surface area (Å²) in [4.78, 5) is 15.0. The van der Waals surface area contributed by atoms with Gasteiger partial charge >= 0.3 is 5.97 Å². The first-order valence-corrected chi connectivity index (χ1v) is 6.42. The summed E-state index contributed by atoms with van der Waals surface area (Å²) in [6, 6.07) is 2.55. The molecule has 94 valence electrons. The number of carboxylic acids is 1. The van der Waals surface area contributed by atoms with E-state index in [4.69, 9.17) is 22.4 Å². The van der Waals surface area contributed by atoms with Crippen molar-refractivity contribution >= 4 is 29.3 Å². The van der Waals surface area contributed by atoms with E-state index in [-0.39, 0.29) is 0 Å². The first-order valence-electron chi connectivity index (χ1n) is 5.05. The molecule has 0 spiro atoms. The Balaban J connectivity index is 2.64. The van der Waals surface area contributed by atoms with E-state index in [9.17, 15) is 4.79 Å². The van der Waals surface area contributed by atoms with E-state index in [0.29, 0.717) is 10.8 Å². The van der Waals surface area contributed by atoms with E-state index in [2.05, 4.69) is 4.98 Å². The van der Waals surface area contributed by atoms with Gasteiger partial charge in [0.2, 0.25) is 0 Å². The highest BCUT2D eigenvalue weighted by Gasteiger charge is 2.32. The summed E-state index contributed by atoms with van der Waals surface area (Å²) in [6.07, 6.45) is 1.63. The predicted octanol–water partition coefficient (Wildman–Crippen LogP) is 2.16. The van der Waals surface area contributed by atoms with Gasteiger partial charge in [-0.05, 0) is 26.0 Å². The molecule has 0 bridgehead atoms. The molecule has 0 saturated carbocycles. The lowest BCUT2D eigenvalue weighted by Gasteiger charge is -2.27. The van der Waals surface area contributed by atoms with Crippen LogP contribution in [0.15, 0.2) is 18.3 Å². The maximum absolute atomic E-state index is 10.8. The van der Waals surface area contributed by atoms with Crippen molar-refractivity contribution in [3.63, 3.8) is 0 Å². The van der Waals surface area contributed by atoms with Crippen molar-refractivity contribution in [3.05, 3.63) is 29.0 Å². The number of hydrogen-bond donors (Lipinski definition) is 2. The van der Waals surface area contributed by atoms with Gasteiger partial charge in [0.15, 0.2) is 0 Å². The first-order chi connectivity index (χ1) is 7.83. The van der Waals surface area contributed by atoms with Crippen LogP contribution in [0.2, 0.25) is 5.02 Å². The van der Waals surface area contributed by atoms with Crippen LogP contribution < -0.4 is 5.73 Å². The molecule has 1 rings (SSSR count). The molecule has 3 N–H and O–H groups in total. The molecule has 17 heavy (non-hydrogen) atoms. The van der Waals surface area contributed by atoms with Crippen LogP contribution in [0.4, 0.5) is 0 Å². The summed E-state index contributed by atoms with van der Waals surface area (Å²) in [7, 11) is 0. The van der Waals surface area contributed by atoms with Crippen molar-refractivity contribution in [2.75, 3.05) is 0 Å². The second-order valence-electron chi connectivity index (χ2n) is 4.17. The fourth-order valence-corrected chi connectivity index (χ4v) is 2.32. The predicted molar refractivity (Wildman–Crippen MR) is 70.2 cm³/mol. The number of aromatic nitrogens is 1. The van der Waals surface area contributed by atoms with Gasteiger partial charge in [0.1, 0.15) is 6.04 Å². The number of rotatable bonds is 5. The van der Waals surface area contributed by atoms with Crippen LogP contribution in [0.3, 0.4) is 0 Å². The molecule has 1 heterocycles. The Morgan fingerprint density at radius 1 is 1.71 bits per heavy atom. The number of carboxylic acid groups (broad SMARTS) is 1. The van der Waals surface area contributed by atoms with E-state index < -0.39 is 16.8 Å². The molecule has 0 aliphatic carbocycles. The Morgan fingerprint density at radius 3 is 2.88 bits per heavy atom. The Hall–Kier alpha value is -0.780. The molecule has 1 atom stereocenters. The molecular formula is C11H15ClN2O2S. The summed E-state index contributed by atoms with van der Waals surface area (Å²) < 4.78 is -0.560. The molecule has 1 aromatic heterocycles. The quantitative estimate of drug-likeness (QED) is 0.860. The maximum Gasteiger partial charge on any atom is 0.321 e. The molecule has 6 heteroatoms. The second kappa shape index (κ2) is 5.71. The van der Waals surface area contributed by atoms with Gasteiger partial charge in [0.05, 0.1) is 5.69 Å². The third kappa shape index (κ3) is 4.18. The number of carbonyl (C=O) groups is 1. The number of thioether (sulfide) groups is 1. The Bertz CT molecular complexity index is 412. The number of nitrogens with two attached hydrogens (primary N) is 1. The average Bonchev–Trinajstić information content (AvgIpc) is 2.25. The highest BCUT2D eigenvalue weighted by atomic mass is 35.5. The number of halogens is 1. The lowest BCUT2D eigenvalue weighted by atomic mass is 10.1. The van der Waals surface area contributed by atoms with Gasteiger partial charge in [-0.25, -0.2) is 0 Å². The monoisotopic (exact) mass is 274 g/mol. The van der Waals surface area contributed by atoms with Crippen LogP contribution in [0.1, 0.15) is 19.5 Å². The minimum Gasteiger partial charge on any atom is -0.480 e. The van der Waals surface area contributed by atoms with Crippen LogP contribution >= 0.6 is 23.4 Å². The molecule has 0 fully saturated rings. The molecule has 1 aromatic rings. The Labute approximate surface area is 110 Å². The van der Waals surface area contributed by atoms with Crippen molar-refractivity contribution in [2.45, 2.75) is 30.4 Å². The van der Waals surface area contributed by atoms with Crippen LogP contribution in [-0.2, 0) is 10.5 Å². The fraction of sp³-hybridized carbons (Fsp3) is 0.455. The summed E-state index contributed by atoms with van der Waals surface area (Å²) in [6.45, 7) is 3.61. The normalized spacial score (nSPS) is 13.4. The smallest absolute Gasteiger partial charge is 0.321 e. The van der Waals surface area contributed by atoms with E-state index in [1.165, 1.54) is 11.8 Å². The van der Waals surface area contributed by atoms with Crippen LogP contribution in [-0.4, -0.2) is 26.8 Å². The summed E-state index contributed by atoms with van der Waals surface area (Å²) in [5.41, 5.74) is 6.43. The van der Waals surface area contributed by atoms with Crippen LogP contribution in [0.25, 0.3) is 0 Å². The van der Waals surface area contributed by atoms with Gasteiger partial charge in [-0.3, -0.25) is 9.78 Å². The van der Waals surface area contributed by atoms with Gasteiger partial charge in [0, 0.05) is 21.7 Å². The minimum absolute atomic E-state index is 0.560. The number of hydrogen-bond acceptors (Lipinski definition) is 4. The number of aliphatic carboxylic acids is 1. The van der Waals surface area contributed by atoms with Crippen molar-refractivity contribution in [3.8, 4) is 0 Å². The number of nitrogens with zero attached hydrogens (tertiary/aromatic N) is 1. The van der Waals surface area contributed by atoms with Crippen molar-refractivity contribution < 1.29 is 9.90 Å². The molecular weight excluding hydrogens is 260 g/mol. The van der Waals surface area contributed by atoms with Gasteiger partial charge in [-0.2, -0.15) is 0 Å². The standard InChI is InChI=1S/C11H15ClN2O2S/c1-11(2,9(13)10(15)16)17-6-8-5-7(12)3-4-14-8/h3-5,9H,6,13H2,1-2H3,(H,15,16)/t9-/m1/s1. The van der Waals surface area contributed by atoms with Crippen molar-refractivity contribution in [2.24, 2.45) is 5.73 Å². The zero-order valence-electron chi connectivity index (χ0n) is 9.68. The fourth-order valence-electron chi connectivity index (χ4n) is 1.17. The Kier molecular flexibility index (Phi) is 4.80. The van der Waals surface area contributed by atoms with Crippen LogP contribution in [0.5, 0.6) is 0 Å². The van der Waals surface area contributed by atoms with Gasteiger partial charge in [-0.15, -0.1) is 11.8 Å². The topological polar surface area (TPSA) is 76.2 Å². The highest BCUT2D eigenvalue weighted by Crippen LogP contribution is 2.30. The molecule has 0 amide bonds. The zero-order chi connectivity index (χ0) is 13.1. The van der Waals surface area contributed by atoms with Gasteiger partial charge in [0.25, 0.3) is 0 Å². The van der Waals surface area contributed by atoms with Gasteiger partial charge in [-0.1, -0.05) is 11.6 Å². The molecule has 0 aliphatic heterocycles. The van der Waals surface area contributed by atoms with Crippen LogP contribution in [0, 0.1) is 0 Å². The lowest BCUT2D eigenvalue weighted by molar-refractivity contribution is -0.139. The molecule has 0 unspecified atom stereocenters. The zero-order valence-corrected chi connectivity index (χ0v) is 11.3. The molecule has 4 nitrogen and oxygen atoms in total. The summed E-state index contributed by atoms with van der Waals surface area (Å²) >= 11 is 7.29. The van der Waals surface area contributed by atoms with Gasteiger partial charge < -0.3 is 10.8 Å². The summed E-state index contributed by atoms with van der Waals surface area (Å²) in [5.74, 6) is -0.421. The highest BCUT2D eigenvalue weighted by molar-refractivity contribution is 7.99. The number of pyridine rings is 1. The van der Waals surface area contributed by atoms with Crippen molar-refractivity contribution in [1.29, 1.82) is 0 Å². The van der Waals surface area contributed by atoms with Crippen molar-refractivity contribution in [1.82, 2.24) is 4.98 Å². The minimum atomic E-state index is -0.999. The average molecular weight is 275 g/mol. The third-order valence-corrected chi connectivity index (χ3v) is 4.06. The van der Waals surface area contributed by atoms with E-state index in [1.54, 1.807) is 32.2 Å². The largest absolute Gasteiger partial charge is 0.480 e. The van der Waals surface area contributed by atoms with E-state index in [1.807, 2.05) is 0 Å².